The number of hydrogen-bond acceptors (Lipinski definition) is 2. The molecule has 0 aliphatic rings. The van der Waals surface area contributed by atoms with Crippen LogP contribution in [0.15, 0.2) is 6.20 Å². The Morgan fingerprint density at radius 2 is 1.92 bits per heavy atom. The van der Waals surface area contributed by atoms with Gasteiger partial charge < -0.3 is 0 Å². The minimum atomic E-state index is 0.0526. The largest absolute Gasteiger partial charge is 0.241 e. The Balaban J connectivity index is 3.10. The maximum atomic E-state index is 4.50. The van der Waals surface area contributed by atoms with E-state index in [-0.39, 0.29) is 5.41 Å². The Kier molecular flexibility index (Phi) is 2.69. The summed E-state index contributed by atoms with van der Waals surface area (Å²) in [4.78, 5) is 8.87. The van der Waals surface area contributed by atoms with E-state index in [0.29, 0.717) is 0 Å². The normalized spacial score (nSPS) is 11.8. The Labute approximate surface area is 80.4 Å². The van der Waals surface area contributed by atoms with Crippen molar-refractivity contribution in [2.24, 2.45) is 0 Å². The molecular formula is C11H18N2. The standard InChI is InChI=1S/C11H18N2/c1-6-9-7-12-10(11(3,4)5)13-8(9)2/h7H,6H2,1-5H3. The Hall–Kier alpha value is -0.920. The van der Waals surface area contributed by atoms with Crippen molar-refractivity contribution in [1.82, 2.24) is 9.97 Å². The number of aryl methyl sites for hydroxylation is 2. The quantitative estimate of drug-likeness (QED) is 0.660. The monoisotopic (exact) mass is 178 g/mol. The molecule has 0 amide bonds. The first-order chi connectivity index (χ1) is 5.95. The number of aromatic nitrogens is 2. The summed E-state index contributed by atoms with van der Waals surface area (Å²) in [6, 6.07) is 0. The Morgan fingerprint density at radius 1 is 1.31 bits per heavy atom. The topological polar surface area (TPSA) is 25.8 Å². The van der Waals surface area contributed by atoms with Gasteiger partial charge in [-0.3, -0.25) is 0 Å². The summed E-state index contributed by atoms with van der Waals surface area (Å²) in [5.41, 5.74) is 2.41. The molecule has 1 aromatic rings. The van der Waals surface area contributed by atoms with Gasteiger partial charge in [0.05, 0.1) is 0 Å². The molecule has 13 heavy (non-hydrogen) atoms. The molecule has 0 aliphatic heterocycles. The smallest absolute Gasteiger partial charge is 0.133 e. The van der Waals surface area contributed by atoms with Crippen molar-refractivity contribution >= 4 is 0 Å². The lowest BCUT2D eigenvalue weighted by molar-refractivity contribution is 0.541. The van der Waals surface area contributed by atoms with E-state index in [2.05, 4.69) is 44.6 Å². The van der Waals surface area contributed by atoms with Crippen LogP contribution >= 0.6 is 0 Å². The third kappa shape index (κ3) is 2.27. The molecular weight excluding hydrogens is 160 g/mol. The highest BCUT2D eigenvalue weighted by molar-refractivity contribution is 5.18. The molecule has 0 aliphatic carbocycles. The van der Waals surface area contributed by atoms with Crippen molar-refractivity contribution in [2.45, 2.75) is 46.5 Å². The molecule has 0 spiro atoms. The third-order valence-electron chi connectivity index (χ3n) is 2.13. The van der Waals surface area contributed by atoms with Crippen LogP contribution < -0.4 is 0 Å². The highest BCUT2D eigenvalue weighted by Crippen LogP contribution is 2.18. The van der Waals surface area contributed by atoms with Gasteiger partial charge in [0, 0.05) is 17.3 Å². The summed E-state index contributed by atoms with van der Waals surface area (Å²) in [5, 5.41) is 0. The summed E-state index contributed by atoms with van der Waals surface area (Å²) in [7, 11) is 0. The van der Waals surface area contributed by atoms with Crippen LogP contribution in [-0.2, 0) is 11.8 Å². The van der Waals surface area contributed by atoms with E-state index in [1.54, 1.807) is 0 Å². The van der Waals surface area contributed by atoms with Crippen LogP contribution in [0.4, 0.5) is 0 Å². The summed E-state index contributed by atoms with van der Waals surface area (Å²) in [6.07, 6.45) is 2.96. The van der Waals surface area contributed by atoms with Crippen LogP contribution in [-0.4, -0.2) is 9.97 Å². The first-order valence-corrected chi connectivity index (χ1v) is 4.78. The highest BCUT2D eigenvalue weighted by Gasteiger charge is 2.17. The molecule has 1 aromatic heterocycles. The molecule has 2 heteroatoms. The lowest BCUT2D eigenvalue weighted by atomic mass is 9.95. The lowest BCUT2D eigenvalue weighted by Gasteiger charge is -2.17. The van der Waals surface area contributed by atoms with Crippen LogP contribution in [0.1, 0.15) is 44.8 Å². The van der Waals surface area contributed by atoms with E-state index in [1.165, 1.54) is 5.56 Å². The van der Waals surface area contributed by atoms with Gasteiger partial charge in [0.15, 0.2) is 0 Å². The van der Waals surface area contributed by atoms with E-state index in [9.17, 15) is 0 Å². The highest BCUT2D eigenvalue weighted by atomic mass is 14.9. The van der Waals surface area contributed by atoms with Crippen LogP contribution in [0.25, 0.3) is 0 Å². The fourth-order valence-corrected chi connectivity index (χ4v) is 1.20. The second kappa shape index (κ2) is 3.44. The van der Waals surface area contributed by atoms with E-state index in [1.807, 2.05) is 6.20 Å². The number of rotatable bonds is 1. The van der Waals surface area contributed by atoms with Crippen LogP contribution in [0, 0.1) is 6.92 Å². The van der Waals surface area contributed by atoms with Crippen LogP contribution in [0.3, 0.4) is 0 Å². The molecule has 2 nitrogen and oxygen atoms in total. The fraction of sp³-hybridized carbons (Fsp3) is 0.636. The first-order valence-electron chi connectivity index (χ1n) is 4.78. The maximum Gasteiger partial charge on any atom is 0.133 e. The summed E-state index contributed by atoms with van der Waals surface area (Å²) in [6.45, 7) is 10.6. The number of hydrogen-bond donors (Lipinski definition) is 0. The lowest BCUT2D eigenvalue weighted by Crippen LogP contribution is -2.17. The summed E-state index contributed by atoms with van der Waals surface area (Å²) < 4.78 is 0. The molecule has 72 valence electrons. The van der Waals surface area contributed by atoms with E-state index < -0.39 is 0 Å². The molecule has 0 bridgehead atoms. The van der Waals surface area contributed by atoms with Crippen molar-refractivity contribution in [3.8, 4) is 0 Å². The average Bonchev–Trinajstić information content (AvgIpc) is 2.02. The Bertz CT molecular complexity index is 297. The second-order valence-electron chi connectivity index (χ2n) is 4.41. The fourth-order valence-electron chi connectivity index (χ4n) is 1.20. The zero-order chi connectivity index (χ0) is 10.1. The van der Waals surface area contributed by atoms with Gasteiger partial charge in [-0.05, 0) is 18.9 Å². The molecule has 0 fully saturated rings. The molecule has 0 saturated heterocycles. The molecule has 0 radical (unpaired) electrons. The molecule has 1 rings (SSSR count). The van der Waals surface area contributed by atoms with Crippen molar-refractivity contribution in [3.63, 3.8) is 0 Å². The minimum absolute atomic E-state index is 0.0526. The molecule has 0 unspecified atom stereocenters. The minimum Gasteiger partial charge on any atom is -0.241 e. The van der Waals surface area contributed by atoms with Gasteiger partial charge in [-0.2, -0.15) is 0 Å². The van der Waals surface area contributed by atoms with E-state index in [4.69, 9.17) is 0 Å². The summed E-state index contributed by atoms with van der Waals surface area (Å²) >= 11 is 0. The van der Waals surface area contributed by atoms with Gasteiger partial charge in [0.1, 0.15) is 5.82 Å². The first kappa shape index (κ1) is 10.2. The van der Waals surface area contributed by atoms with Crippen molar-refractivity contribution in [2.75, 3.05) is 0 Å². The van der Waals surface area contributed by atoms with Crippen molar-refractivity contribution in [3.05, 3.63) is 23.3 Å². The van der Waals surface area contributed by atoms with Crippen molar-refractivity contribution in [1.29, 1.82) is 0 Å². The number of nitrogens with zero attached hydrogens (tertiary/aromatic N) is 2. The SMILES string of the molecule is CCc1cnc(C(C)(C)C)nc1C. The second-order valence-corrected chi connectivity index (χ2v) is 4.41. The molecule has 0 saturated carbocycles. The van der Waals surface area contributed by atoms with Gasteiger partial charge in [-0.1, -0.05) is 27.7 Å². The van der Waals surface area contributed by atoms with Crippen molar-refractivity contribution < 1.29 is 0 Å². The maximum absolute atomic E-state index is 4.50. The molecule has 0 aromatic carbocycles. The average molecular weight is 178 g/mol. The van der Waals surface area contributed by atoms with Gasteiger partial charge in [-0.15, -0.1) is 0 Å². The molecule has 0 atom stereocenters. The van der Waals surface area contributed by atoms with Crippen LogP contribution in [0.2, 0.25) is 0 Å². The van der Waals surface area contributed by atoms with Gasteiger partial charge >= 0.3 is 0 Å². The molecule has 0 N–H and O–H groups in total. The van der Waals surface area contributed by atoms with Gasteiger partial charge in [-0.25, -0.2) is 9.97 Å². The van der Waals surface area contributed by atoms with Gasteiger partial charge in [0.25, 0.3) is 0 Å². The Morgan fingerprint density at radius 3 is 2.31 bits per heavy atom. The molecule has 1 heterocycles. The van der Waals surface area contributed by atoms with Gasteiger partial charge in [0.2, 0.25) is 0 Å². The third-order valence-corrected chi connectivity index (χ3v) is 2.13. The zero-order valence-corrected chi connectivity index (χ0v) is 9.18. The van der Waals surface area contributed by atoms with E-state index in [0.717, 1.165) is 17.9 Å². The summed E-state index contributed by atoms with van der Waals surface area (Å²) in [5.74, 6) is 0.933. The van der Waals surface area contributed by atoms with Crippen LogP contribution in [0.5, 0.6) is 0 Å². The van der Waals surface area contributed by atoms with E-state index >= 15 is 0 Å². The predicted molar refractivity (Wildman–Crippen MR) is 54.8 cm³/mol. The zero-order valence-electron chi connectivity index (χ0n) is 9.18. The predicted octanol–water partition coefficient (Wildman–Crippen LogP) is 2.64.